The minimum atomic E-state index is 0.430. The topological polar surface area (TPSA) is 103 Å². The van der Waals surface area contributed by atoms with Crippen molar-refractivity contribution in [3.8, 4) is 10.6 Å². The van der Waals surface area contributed by atoms with Crippen LogP contribution in [-0.4, -0.2) is 19.5 Å². The van der Waals surface area contributed by atoms with E-state index in [0.29, 0.717) is 24.1 Å². The van der Waals surface area contributed by atoms with Gasteiger partial charge in [0.05, 0.1) is 12.1 Å². The minimum Gasteiger partial charge on any atom is -0.382 e. The highest BCUT2D eigenvalue weighted by Crippen LogP contribution is 2.38. The summed E-state index contributed by atoms with van der Waals surface area (Å²) in [6.45, 7) is 4.16. The predicted molar refractivity (Wildman–Crippen MR) is 78.7 cm³/mol. The number of rotatable bonds is 4. The van der Waals surface area contributed by atoms with Crippen LogP contribution in [-0.2, 0) is 6.54 Å². The fraction of sp³-hybridized carbons (Fsp3) is 0.273. The molecule has 9 heteroatoms. The predicted octanol–water partition coefficient (Wildman–Crippen LogP) is 2.46. The van der Waals surface area contributed by atoms with E-state index in [0.717, 1.165) is 21.3 Å². The lowest BCUT2D eigenvalue weighted by molar-refractivity contribution is 0.379. The van der Waals surface area contributed by atoms with Crippen LogP contribution in [0.3, 0.4) is 0 Å². The molecule has 0 amide bonds. The van der Waals surface area contributed by atoms with Crippen molar-refractivity contribution in [1.82, 2.24) is 19.5 Å². The fourth-order valence-corrected chi connectivity index (χ4v) is 3.30. The molecule has 3 aromatic rings. The quantitative estimate of drug-likeness (QED) is 0.763. The summed E-state index contributed by atoms with van der Waals surface area (Å²) in [7, 11) is 0. The van der Waals surface area contributed by atoms with E-state index in [4.69, 9.17) is 10.3 Å². The van der Waals surface area contributed by atoms with Gasteiger partial charge in [0.25, 0.3) is 0 Å². The van der Waals surface area contributed by atoms with Gasteiger partial charge in [-0.2, -0.15) is 9.36 Å². The van der Waals surface area contributed by atoms with E-state index in [9.17, 15) is 0 Å². The van der Waals surface area contributed by atoms with E-state index in [1.54, 1.807) is 18.3 Å². The summed E-state index contributed by atoms with van der Waals surface area (Å²) < 4.78 is 9.24. The summed E-state index contributed by atoms with van der Waals surface area (Å²) in [6.07, 6.45) is 0. The van der Waals surface area contributed by atoms with Crippen molar-refractivity contribution < 1.29 is 4.52 Å². The Morgan fingerprint density at radius 1 is 1.35 bits per heavy atom. The Morgan fingerprint density at radius 3 is 2.85 bits per heavy atom. The van der Waals surface area contributed by atoms with Gasteiger partial charge in [-0.25, -0.2) is 4.98 Å². The van der Waals surface area contributed by atoms with Crippen molar-refractivity contribution in [1.29, 1.82) is 0 Å². The van der Waals surface area contributed by atoms with E-state index < -0.39 is 0 Å². The van der Waals surface area contributed by atoms with Crippen LogP contribution >= 0.6 is 22.9 Å². The fourth-order valence-electron chi connectivity index (χ4n) is 1.67. The normalized spacial score (nSPS) is 10.9. The average Bonchev–Trinajstić information content (AvgIpc) is 3.09. The molecule has 104 valence electrons. The molecule has 7 nitrogen and oxygen atoms in total. The maximum absolute atomic E-state index is 5.93. The zero-order valence-corrected chi connectivity index (χ0v) is 12.5. The van der Waals surface area contributed by atoms with Crippen molar-refractivity contribution in [2.45, 2.75) is 20.4 Å². The van der Waals surface area contributed by atoms with Gasteiger partial charge in [0.15, 0.2) is 5.82 Å². The van der Waals surface area contributed by atoms with Crippen molar-refractivity contribution in [2.75, 3.05) is 11.1 Å². The molecular formula is C11H12N6OS2. The van der Waals surface area contributed by atoms with Crippen LogP contribution < -0.4 is 11.1 Å². The van der Waals surface area contributed by atoms with Crippen LogP contribution in [0.25, 0.3) is 10.6 Å². The second kappa shape index (κ2) is 5.17. The number of anilines is 2. The van der Waals surface area contributed by atoms with Crippen molar-refractivity contribution in [3.05, 3.63) is 22.8 Å². The molecule has 3 N–H and O–H groups in total. The first-order valence-electron chi connectivity index (χ1n) is 5.84. The first-order valence-corrected chi connectivity index (χ1v) is 7.49. The maximum Gasteiger partial charge on any atom is 0.245 e. The van der Waals surface area contributed by atoms with Crippen LogP contribution in [0.15, 0.2) is 9.90 Å². The van der Waals surface area contributed by atoms with Crippen LogP contribution in [0.1, 0.15) is 17.4 Å². The maximum atomic E-state index is 5.93. The molecule has 3 aromatic heterocycles. The van der Waals surface area contributed by atoms with Gasteiger partial charge in [0.1, 0.15) is 15.8 Å². The lowest BCUT2D eigenvalue weighted by atomic mass is 10.3. The molecule has 0 bridgehead atoms. The number of nitrogen functional groups attached to an aromatic ring is 1. The van der Waals surface area contributed by atoms with Crippen molar-refractivity contribution in [3.63, 3.8) is 0 Å². The molecule has 0 saturated carbocycles. The van der Waals surface area contributed by atoms with E-state index in [-0.39, 0.29) is 0 Å². The number of hydrogen-bond donors (Lipinski definition) is 2. The average molecular weight is 308 g/mol. The summed E-state index contributed by atoms with van der Waals surface area (Å²) in [4.78, 5) is 8.59. The van der Waals surface area contributed by atoms with E-state index >= 15 is 0 Å². The number of aromatic nitrogens is 4. The van der Waals surface area contributed by atoms with Gasteiger partial charge in [0, 0.05) is 11.1 Å². The van der Waals surface area contributed by atoms with Gasteiger partial charge < -0.3 is 15.6 Å². The Balaban J connectivity index is 1.83. The van der Waals surface area contributed by atoms with Crippen LogP contribution in [0.4, 0.5) is 10.8 Å². The molecule has 0 fully saturated rings. The standard InChI is InChI=1S/C11H12N6OS2/c1-5-4-19-11(14-5)8-9(12)17-20-10(8)13-3-7-15-6(2)16-18-7/h4,13H,3H2,1-2H3,(H2,12,17). The number of hydrogen-bond acceptors (Lipinski definition) is 9. The summed E-state index contributed by atoms with van der Waals surface area (Å²) in [5.74, 6) is 1.62. The van der Waals surface area contributed by atoms with E-state index in [2.05, 4.69) is 24.8 Å². The first-order chi connectivity index (χ1) is 9.63. The summed E-state index contributed by atoms with van der Waals surface area (Å²) >= 11 is 2.84. The molecule has 0 saturated heterocycles. The number of nitrogens with zero attached hydrogens (tertiary/aromatic N) is 4. The second-order valence-corrected chi connectivity index (χ2v) is 5.79. The molecule has 20 heavy (non-hydrogen) atoms. The molecule has 0 atom stereocenters. The number of aryl methyl sites for hydroxylation is 2. The minimum absolute atomic E-state index is 0.430. The van der Waals surface area contributed by atoms with E-state index in [1.165, 1.54) is 11.5 Å². The molecule has 0 unspecified atom stereocenters. The summed E-state index contributed by atoms with van der Waals surface area (Å²) in [5, 5.41) is 10.7. The number of nitrogens with two attached hydrogens (primary N) is 1. The lowest BCUT2D eigenvalue weighted by Gasteiger charge is -2.02. The van der Waals surface area contributed by atoms with Gasteiger partial charge in [-0.15, -0.1) is 11.3 Å². The van der Waals surface area contributed by atoms with Gasteiger partial charge in [0.2, 0.25) is 5.89 Å². The zero-order chi connectivity index (χ0) is 14.1. The monoisotopic (exact) mass is 308 g/mol. The molecule has 0 aromatic carbocycles. The highest BCUT2D eigenvalue weighted by Gasteiger charge is 2.17. The van der Waals surface area contributed by atoms with Crippen molar-refractivity contribution in [2.24, 2.45) is 0 Å². The molecule has 3 rings (SSSR count). The van der Waals surface area contributed by atoms with Crippen LogP contribution in [0, 0.1) is 13.8 Å². The van der Waals surface area contributed by atoms with Gasteiger partial charge in [-0.05, 0) is 25.4 Å². The Bertz CT molecular complexity index is 731. The van der Waals surface area contributed by atoms with Crippen molar-refractivity contribution >= 4 is 33.7 Å². The lowest BCUT2D eigenvalue weighted by Crippen LogP contribution is -2.00. The van der Waals surface area contributed by atoms with Gasteiger partial charge >= 0.3 is 0 Å². The molecular weight excluding hydrogens is 296 g/mol. The molecule has 0 aliphatic rings. The third-order valence-electron chi connectivity index (χ3n) is 2.52. The van der Waals surface area contributed by atoms with Crippen LogP contribution in [0.5, 0.6) is 0 Å². The second-order valence-electron chi connectivity index (χ2n) is 4.15. The SMILES string of the molecule is Cc1csc(-c2c(N)nsc2NCc2nc(C)no2)n1. The van der Waals surface area contributed by atoms with E-state index in [1.807, 2.05) is 12.3 Å². The Kier molecular flexibility index (Phi) is 3.36. The molecule has 0 radical (unpaired) electrons. The summed E-state index contributed by atoms with van der Waals surface area (Å²) in [6, 6.07) is 0. The largest absolute Gasteiger partial charge is 0.382 e. The van der Waals surface area contributed by atoms with Gasteiger partial charge in [-0.1, -0.05) is 5.16 Å². The Labute approximate surface area is 123 Å². The van der Waals surface area contributed by atoms with Crippen LogP contribution in [0.2, 0.25) is 0 Å². The first kappa shape index (κ1) is 13.0. The molecule has 3 heterocycles. The van der Waals surface area contributed by atoms with Gasteiger partial charge in [-0.3, -0.25) is 0 Å². The highest BCUT2D eigenvalue weighted by atomic mass is 32.1. The Morgan fingerprint density at radius 2 is 2.20 bits per heavy atom. The molecule has 0 spiro atoms. The number of nitrogens with one attached hydrogen (secondary N) is 1. The third-order valence-corrected chi connectivity index (χ3v) is 4.32. The third kappa shape index (κ3) is 2.49. The number of thiazole rings is 1. The smallest absolute Gasteiger partial charge is 0.245 e. The molecule has 0 aliphatic carbocycles. The summed E-state index contributed by atoms with van der Waals surface area (Å²) in [5.41, 5.74) is 7.73. The molecule has 0 aliphatic heterocycles. The zero-order valence-electron chi connectivity index (χ0n) is 10.9. The Hall–Kier alpha value is -2.00. The highest BCUT2D eigenvalue weighted by molar-refractivity contribution is 7.15.